The van der Waals surface area contributed by atoms with Crippen molar-refractivity contribution in [3.05, 3.63) is 0 Å². The summed E-state index contributed by atoms with van der Waals surface area (Å²) in [7, 11) is 0.276. The molecule has 64 valence electrons. The number of hydrogen-bond donors (Lipinski definition) is 0. The zero-order chi connectivity index (χ0) is 8.65. The highest BCUT2D eigenvalue weighted by Crippen LogP contribution is 2.51. The Morgan fingerprint density at radius 3 is 1.91 bits per heavy atom. The Morgan fingerprint density at radius 1 is 1.36 bits per heavy atom. The van der Waals surface area contributed by atoms with E-state index in [2.05, 4.69) is 11.7 Å². The van der Waals surface area contributed by atoms with E-state index in [0.717, 1.165) is 11.5 Å². The molecule has 1 fully saturated rings. The lowest BCUT2D eigenvalue weighted by Gasteiger charge is -2.16. The Balaban J connectivity index is 2.88. The molecule has 0 aliphatic carbocycles. The van der Waals surface area contributed by atoms with Crippen LogP contribution < -0.4 is 0 Å². The van der Waals surface area contributed by atoms with Crippen molar-refractivity contribution in [2.24, 2.45) is 5.41 Å². The Bertz CT molecular complexity index is 226. The van der Waals surface area contributed by atoms with Gasteiger partial charge in [0.1, 0.15) is 5.78 Å². The molecule has 0 saturated carbocycles. The third kappa shape index (κ3) is 1.64. The van der Waals surface area contributed by atoms with E-state index in [-0.39, 0.29) is 24.4 Å². The molecule has 0 N–H and O–H groups in total. The summed E-state index contributed by atoms with van der Waals surface area (Å²) in [5, 5.41) is 0. The predicted molar refractivity (Wildman–Crippen MR) is 57.9 cm³/mol. The first-order valence-electron chi connectivity index (χ1n) is 3.48. The lowest BCUT2D eigenvalue weighted by atomic mass is 9.91. The van der Waals surface area contributed by atoms with Crippen LogP contribution in [0.15, 0.2) is 0 Å². The van der Waals surface area contributed by atoms with Crippen LogP contribution in [0, 0.1) is 5.41 Å². The molecule has 0 radical (unpaired) electrons. The lowest BCUT2D eigenvalue weighted by molar-refractivity contribution is -0.123. The van der Waals surface area contributed by atoms with E-state index in [1.54, 1.807) is 6.92 Å². The second kappa shape index (κ2) is 2.87. The first kappa shape index (κ1) is 9.20. The van der Waals surface area contributed by atoms with Gasteiger partial charge in [-0.1, -0.05) is 18.7 Å². The minimum Gasteiger partial charge on any atom is -0.299 e. The highest BCUT2D eigenvalue weighted by molar-refractivity contribution is 8.89. The standard InChI is InChI=1S/C8H14OS2/c1-7(9)8(2)5-10(3)11(4)6-8/h3-6H2,1-2H3. The van der Waals surface area contributed by atoms with E-state index in [4.69, 9.17) is 0 Å². The highest BCUT2D eigenvalue weighted by Gasteiger charge is 2.36. The maximum absolute atomic E-state index is 11.2. The van der Waals surface area contributed by atoms with Crippen molar-refractivity contribution in [1.29, 1.82) is 0 Å². The third-order valence-electron chi connectivity index (χ3n) is 2.14. The third-order valence-corrected chi connectivity index (χ3v) is 7.43. The Kier molecular flexibility index (Phi) is 2.40. The Morgan fingerprint density at radius 2 is 1.73 bits per heavy atom. The van der Waals surface area contributed by atoms with Crippen LogP contribution in [0.2, 0.25) is 0 Å². The fourth-order valence-electron chi connectivity index (χ4n) is 1.12. The van der Waals surface area contributed by atoms with Crippen LogP contribution in [-0.2, 0) is 4.79 Å². The first-order valence-corrected chi connectivity index (χ1v) is 7.13. The highest BCUT2D eigenvalue weighted by atomic mass is 33.1. The second-order valence-corrected chi connectivity index (χ2v) is 8.45. The summed E-state index contributed by atoms with van der Waals surface area (Å²) in [5.41, 5.74) is -0.101. The average Bonchev–Trinajstić information content (AvgIpc) is 2.09. The molecule has 1 saturated heterocycles. The van der Waals surface area contributed by atoms with Crippen molar-refractivity contribution in [3.63, 3.8) is 0 Å². The van der Waals surface area contributed by atoms with E-state index in [1.165, 1.54) is 0 Å². The Labute approximate surface area is 72.4 Å². The maximum Gasteiger partial charge on any atom is 0.137 e. The summed E-state index contributed by atoms with van der Waals surface area (Å²) in [6, 6.07) is 0. The zero-order valence-electron chi connectivity index (χ0n) is 7.05. The molecule has 1 aliphatic heterocycles. The number of ketones is 1. The molecule has 11 heavy (non-hydrogen) atoms. The normalized spacial score (nSPS) is 44.2. The van der Waals surface area contributed by atoms with Gasteiger partial charge in [-0.2, -0.15) is 0 Å². The molecule has 1 heterocycles. The van der Waals surface area contributed by atoms with Crippen molar-refractivity contribution in [2.45, 2.75) is 13.8 Å². The van der Waals surface area contributed by atoms with Crippen LogP contribution in [-0.4, -0.2) is 29.0 Å². The van der Waals surface area contributed by atoms with E-state index < -0.39 is 0 Å². The first-order chi connectivity index (χ1) is 4.96. The van der Waals surface area contributed by atoms with Gasteiger partial charge >= 0.3 is 0 Å². The van der Waals surface area contributed by atoms with Crippen LogP contribution in [0.4, 0.5) is 0 Å². The van der Waals surface area contributed by atoms with Crippen LogP contribution in [0.5, 0.6) is 0 Å². The molecule has 0 aromatic heterocycles. The van der Waals surface area contributed by atoms with Crippen LogP contribution in [0.3, 0.4) is 0 Å². The van der Waals surface area contributed by atoms with Crippen molar-refractivity contribution >= 4 is 36.6 Å². The van der Waals surface area contributed by atoms with E-state index in [1.807, 2.05) is 6.92 Å². The summed E-state index contributed by atoms with van der Waals surface area (Å²) >= 11 is 0. The van der Waals surface area contributed by atoms with E-state index in [9.17, 15) is 4.79 Å². The Hall–Kier alpha value is 0.110. The molecular weight excluding hydrogens is 176 g/mol. The topological polar surface area (TPSA) is 17.1 Å². The number of hydrogen-bond acceptors (Lipinski definition) is 1. The molecule has 0 aromatic rings. The van der Waals surface area contributed by atoms with Gasteiger partial charge in [0.2, 0.25) is 0 Å². The smallest absolute Gasteiger partial charge is 0.137 e. The van der Waals surface area contributed by atoms with Crippen LogP contribution in [0.1, 0.15) is 13.8 Å². The van der Waals surface area contributed by atoms with Gasteiger partial charge in [0.15, 0.2) is 0 Å². The minimum atomic E-state index is -0.101. The zero-order valence-corrected chi connectivity index (χ0v) is 8.69. The van der Waals surface area contributed by atoms with Gasteiger partial charge in [0.25, 0.3) is 0 Å². The molecule has 2 unspecified atom stereocenters. The molecule has 2 atom stereocenters. The van der Waals surface area contributed by atoms with Gasteiger partial charge in [-0.3, -0.25) is 4.79 Å². The largest absolute Gasteiger partial charge is 0.299 e. The quantitative estimate of drug-likeness (QED) is 0.456. The fraction of sp³-hybridized carbons (Fsp3) is 0.625. The van der Waals surface area contributed by atoms with Crippen molar-refractivity contribution < 1.29 is 4.79 Å². The number of carbonyl (C=O) groups is 1. The summed E-state index contributed by atoms with van der Waals surface area (Å²) in [4.78, 5) is 11.2. The number of carbonyl (C=O) groups excluding carboxylic acids is 1. The van der Waals surface area contributed by atoms with Crippen LogP contribution >= 0.6 is 19.0 Å². The minimum absolute atomic E-state index is 0.101. The summed E-state index contributed by atoms with van der Waals surface area (Å²) < 4.78 is 0. The van der Waals surface area contributed by atoms with Gasteiger partial charge in [-0.05, 0) is 6.92 Å². The molecular formula is C8H14OS2. The molecule has 3 heteroatoms. The molecule has 0 aromatic carbocycles. The molecule has 1 nitrogen and oxygen atoms in total. The van der Waals surface area contributed by atoms with Gasteiger partial charge in [0, 0.05) is 16.9 Å². The molecule has 0 amide bonds. The van der Waals surface area contributed by atoms with Crippen molar-refractivity contribution in [1.82, 2.24) is 0 Å². The summed E-state index contributed by atoms with van der Waals surface area (Å²) in [5.74, 6) is 10.3. The van der Waals surface area contributed by atoms with E-state index >= 15 is 0 Å². The molecule has 1 aliphatic rings. The summed E-state index contributed by atoms with van der Waals surface area (Å²) in [6.07, 6.45) is 0. The number of Topliss-reactive ketones (excluding diaryl/α,β-unsaturated/α-hetero) is 1. The molecule has 0 bridgehead atoms. The monoisotopic (exact) mass is 190 g/mol. The predicted octanol–water partition coefficient (Wildman–Crippen LogP) is 1.91. The maximum atomic E-state index is 11.2. The SMILES string of the molecule is C=S1CC(C)(C(C)=O)CS1=C. The summed E-state index contributed by atoms with van der Waals surface area (Å²) in [6.45, 7) is 3.72. The van der Waals surface area contributed by atoms with Crippen molar-refractivity contribution in [3.8, 4) is 0 Å². The second-order valence-electron chi connectivity index (χ2n) is 3.29. The van der Waals surface area contributed by atoms with Gasteiger partial charge in [0.05, 0.1) is 0 Å². The van der Waals surface area contributed by atoms with Gasteiger partial charge in [-0.15, -0.1) is 19.0 Å². The number of rotatable bonds is 1. The molecule has 1 rings (SSSR count). The average molecular weight is 190 g/mol. The van der Waals surface area contributed by atoms with E-state index in [0.29, 0.717) is 5.78 Å². The lowest BCUT2D eigenvalue weighted by Crippen LogP contribution is -2.27. The van der Waals surface area contributed by atoms with Gasteiger partial charge < -0.3 is 0 Å². The van der Waals surface area contributed by atoms with Crippen LogP contribution in [0.25, 0.3) is 0 Å². The van der Waals surface area contributed by atoms with Crippen molar-refractivity contribution in [2.75, 3.05) is 11.5 Å². The molecule has 0 spiro atoms. The fourth-order valence-corrected chi connectivity index (χ4v) is 6.18. The van der Waals surface area contributed by atoms with Gasteiger partial charge in [-0.25, -0.2) is 0 Å².